The number of carbonyl (C=O) groups is 1. The molecule has 1 fully saturated rings. The molecule has 1 aromatic carbocycles. The van der Waals surface area contributed by atoms with Gasteiger partial charge in [0.15, 0.2) is 22.5 Å². The van der Waals surface area contributed by atoms with Crippen molar-refractivity contribution in [1.82, 2.24) is 20.1 Å². The lowest BCUT2D eigenvalue weighted by Gasteiger charge is -2.22. The molecule has 0 spiro atoms. The van der Waals surface area contributed by atoms with Gasteiger partial charge in [-0.25, -0.2) is 0 Å². The Balaban J connectivity index is 1.45. The first kappa shape index (κ1) is 18.9. The van der Waals surface area contributed by atoms with Gasteiger partial charge in [0, 0.05) is 18.2 Å². The number of allylic oxidation sites excluding steroid dienone is 1. The van der Waals surface area contributed by atoms with Crippen LogP contribution < -0.4 is 14.8 Å². The second-order valence-electron chi connectivity index (χ2n) is 6.96. The molecule has 2 heterocycles. The van der Waals surface area contributed by atoms with E-state index in [0.29, 0.717) is 35.1 Å². The second kappa shape index (κ2) is 8.68. The summed E-state index contributed by atoms with van der Waals surface area (Å²) >= 11 is 1.40. The maximum absolute atomic E-state index is 12.3. The van der Waals surface area contributed by atoms with Crippen molar-refractivity contribution in [2.45, 2.75) is 49.8 Å². The molecule has 1 saturated carbocycles. The summed E-state index contributed by atoms with van der Waals surface area (Å²) in [4.78, 5) is 12.3. The Morgan fingerprint density at radius 3 is 2.89 bits per heavy atom. The van der Waals surface area contributed by atoms with Gasteiger partial charge >= 0.3 is 0 Å². The van der Waals surface area contributed by atoms with E-state index in [2.05, 4.69) is 22.1 Å². The molecule has 8 heteroatoms. The van der Waals surface area contributed by atoms with E-state index < -0.39 is 0 Å². The lowest BCUT2D eigenvalue weighted by Crippen LogP contribution is -2.37. The van der Waals surface area contributed by atoms with E-state index in [0.717, 1.165) is 24.2 Å². The lowest BCUT2D eigenvalue weighted by atomic mass is 9.95. The maximum atomic E-state index is 12.3. The Bertz CT molecular complexity index is 861. The molecular weight excluding hydrogens is 376 g/mol. The fourth-order valence-electron chi connectivity index (χ4n) is 3.58. The van der Waals surface area contributed by atoms with Crippen molar-refractivity contribution in [2.75, 3.05) is 12.5 Å². The summed E-state index contributed by atoms with van der Waals surface area (Å²) in [6, 6.07) is 6.02. The van der Waals surface area contributed by atoms with Gasteiger partial charge in [-0.2, -0.15) is 0 Å². The Kier molecular flexibility index (Phi) is 5.85. The number of nitrogens with one attached hydrogen (secondary N) is 1. The molecular formula is C20H24N4O3S. The molecule has 1 amide bonds. The number of aromatic nitrogens is 3. The van der Waals surface area contributed by atoms with Gasteiger partial charge in [0.05, 0.1) is 5.75 Å². The summed E-state index contributed by atoms with van der Waals surface area (Å²) in [5.41, 5.74) is 0.886. The first-order chi connectivity index (χ1) is 13.7. The summed E-state index contributed by atoms with van der Waals surface area (Å²) in [6.07, 6.45) is 7.63. The van der Waals surface area contributed by atoms with Crippen molar-refractivity contribution in [3.63, 3.8) is 0 Å². The zero-order valence-electron chi connectivity index (χ0n) is 15.7. The van der Waals surface area contributed by atoms with Crippen molar-refractivity contribution >= 4 is 17.7 Å². The topological polar surface area (TPSA) is 78.3 Å². The Labute approximate surface area is 168 Å². The lowest BCUT2D eigenvalue weighted by molar-refractivity contribution is -0.119. The zero-order valence-corrected chi connectivity index (χ0v) is 16.5. The molecule has 148 valence electrons. The van der Waals surface area contributed by atoms with Crippen molar-refractivity contribution < 1.29 is 14.3 Å². The first-order valence-electron chi connectivity index (χ1n) is 9.61. The summed E-state index contributed by atoms with van der Waals surface area (Å²) in [5.74, 6) is 2.52. The third-order valence-corrected chi connectivity index (χ3v) is 5.93. The number of amides is 1. The van der Waals surface area contributed by atoms with Gasteiger partial charge < -0.3 is 14.8 Å². The largest absolute Gasteiger partial charge is 0.454 e. The molecule has 28 heavy (non-hydrogen) atoms. The van der Waals surface area contributed by atoms with Gasteiger partial charge in [-0.15, -0.1) is 16.8 Å². The van der Waals surface area contributed by atoms with Gasteiger partial charge in [0.1, 0.15) is 0 Å². The third kappa shape index (κ3) is 4.16. The molecule has 1 N–H and O–H groups in total. The van der Waals surface area contributed by atoms with Crippen molar-refractivity contribution in [3.05, 3.63) is 30.9 Å². The number of fused-ring (bicyclic) bond motifs is 1. The fraction of sp³-hybridized carbons (Fsp3) is 0.450. The Hall–Kier alpha value is -2.48. The van der Waals surface area contributed by atoms with E-state index in [4.69, 9.17) is 9.47 Å². The van der Waals surface area contributed by atoms with Crippen LogP contribution in [0.25, 0.3) is 11.4 Å². The van der Waals surface area contributed by atoms with Gasteiger partial charge in [0.25, 0.3) is 0 Å². The van der Waals surface area contributed by atoms with Crippen LogP contribution in [0.15, 0.2) is 36.0 Å². The van der Waals surface area contributed by atoms with E-state index in [1.54, 1.807) is 6.08 Å². The highest BCUT2D eigenvalue weighted by Gasteiger charge is 2.20. The van der Waals surface area contributed by atoms with Crippen LogP contribution in [0.4, 0.5) is 0 Å². The van der Waals surface area contributed by atoms with Gasteiger partial charge in [0.2, 0.25) is 12.7 Å². The average Bonchev–Trinajstić information content (AvgIpc) is 3.34. The molecule has 0 saturated heterocycles. The van der Waals surface area contributed by atoms with Crippen molar-refractivity contribution in [3.8, 4) is 22.9 Å². The SMILES string of the molecule is C=CCn1c(SCC(=O)NC2CCCCC2)nnc1-c1ccc2c(c1)OCO2. The molecule has 7 nitrogen and oxygen atoms in total. The highest BCUT2D eigenvalue weighted by atomic mass is 32.2. The first-order valence-corrected chi connectivity index (χ1v) is 10.6. The Morgan fingerprint density at radius 2 is 2.07 bits per heavy atom. The molecule has 0 bridgehead atoms. The van der Waals surface area contributed by atoms with E-state index in [-0.39, 0.29) is 12.7 Å². The number of thioether (sulfide) groups is 1. The maximum Gasteiger partial charge on any atom is 0.231 e. The minimum Gasteiger partial charge on any atom is -0.454 e. The van der Waals surface area contributed by atoms with Gasteiger partial charge in [-0.3, -0.25) is 9.36 Å². The minimum atomic E-state index is 0.0506. The monoisotopic (exact) mass is 400 g/mol. The number of rotatable bonds is 7. The van der Waals surface area contributed by atoms with Crippen molar-refractivity contribution in [2.24, 2.45) is 0 Å². The molecule has 1 aliphatic carbocycles. The fourth-order valence-corrected chi connectivity index (χ4v) is 4.34. The predicted molar refractivity (Wildman–Crippen MR) is 108 cm³/mol. The highest BCUT2D eigenvalue weighted by molar-refractivity contribution is 7.99. The standard InChI is InChI=1S/C20H24N4O3S/c1-2-10-24-19(14-8-9-16-17(11-14)27-13-26-16)22-23-20(24)28-12-18(25)21-15-6-4-3-5-7-15/h2,8-9,11,15H,1,3-7,10,12-13H2,(H,21,25). The summed E-state index contributed by atoms with van der Waals surface area (Å²) in [6.45, 7) is 4.62. The van der Waals surface area contributed by atoms with Crippen LogP contribution >= 0.6 is 11.8 Å². The van der Waals surface area contributed by atoms with Crippen LogP contribution in [-0.2, 0) is 11.3 Å². The number of hydrogen-bond acceptors (Lipinski definition) is 6. The van der Waals surface area contributed by atoms with E-state index >= 15 is 0 Å². The minimum absolute atomic E-state index is 0.0506. The number of nitrogens with zero attached hydrogens (tertiary/aromatic N) is 3. The number of benzene rings is 1. The zero-order chi connectivity index (χ0) is 19.3. The van der Waals surface area contributed by atoms with Gasteiger partial charge in [-0.05, 0) is 31.0 Å². The number of carbonyl (C=O) groups excluding carboxylic acids is 1. The van der Waals surface area contributed by atoms with E-state index in [1.165, 1.54) is 31.0 Å². The van der Waals surface area contributed by atoms with Crippen LogP contribution in [0, 0.1) is 0 Å². The van der Waals surface area contributed by atoms with Crippen LogP contribution in [0.5, 0.6) is 11.5 Å². The molecule has 0 radical (unpaired) electrons. The molecule has 2 aliphatic rings. The summed E-state index contributed by atoms with van der Waals surface area (Å²) in [5, 5.41) is 12.5. The average molecular weight is 401 g/mol. The summed E-state index contributed by atoms with van der Waals surface area (Å²) < 4.78 is 12.8. The van der Waals surface area contributed by atoms with Crippen LogP contribution in [0.2, 0.25) is 0 Å². The van der Waals surface area contributed by atoms with E-state index in [9.17, 15) is 4.79 Å². The Morgan fingerprint density at radius 1 is 1.25 bits per heavy atom. The molecule has 4 rings (SSSR count). The second-order valence-corrected chi connectivity index (χ2v) is 7.91. The normalized spacial score (nSPS) is 16.1. The molecule has 1 aromatic heterocycles. The number of hydrogen-bond donors (Lipinski definition) is 1. The van der Waals surface area contributed by atoms with E-state index in [1.807, 2.05) is 22.8 Å². The predicted octanol–water partition coefficient (Wildman–Crippen LogP) is 3.40. The molecule has 1 aliphatic heterocycles. The third-order valence-electron chi connectivity index (χ3n) is 4.96. The van der Waals surface area contributed by atoms with Crippen LogP contribution in [0.3, 0.4) is 0 Å². The van der Waals surface area contributed by atoms with Crippen LogP contribution in [0.1, 0.15) is 32.1 Å². The quantitative estimate of drug-likeness (QED) is 0.567. The number of ether oxygens (including phenoxy) is 2. The van der Waals surface area contributed by atoms with Crippen LogP contribution in [-0.4, -0.2) is 39.3 Å². The smallest absolute Gasteiger partial charge is 0.231 e. The van der Waals surface area contributed by atoms with Gasteiger partial charge in [-0.1, -0.05) is 37.1 Å². The molecule has 0 atom stereocenters. The van der Waals surface area contributed by atoms with Crippen molar-refractivity contribution in [1.29, 1.82) is 0 Å². The molecule has 0 unspecified atom stereocenters. The summed E-state index contributed by atoms with van der Waals surface area (Å²) in [7, 11) is 0. The highest BCUT2D eigenvalue weighted by Crippen LogP contribution is 2.36. The molecule has 2 aromatic rings.